The number of aryl methyl sites for hydroxylation is 1. The molecule has 150 valence electrons. The summed E-state index contributed by atoms with van der Waals surface area (Å²) in [6.07, 6.45) is 0.598. The third kappa shape index (κ3) is 5.22. The monoisotopic (exact) mass is 375 g/mol. The van der Waals surface area contributed by atoms with Crippen LogP contribution in [0, 0.1) is 12.8 Å². The van der Waals surface area contributed by atoms with Gasteiger partial charge >= 0.3 is 0 Å². The van der Waals surface area contributed by atoms with Gasteiger partial charge in [0.2, 0.25) is 5.91 Å². The van der Waals surface area contributed by atoms with Gasteiger partial charge in [-0.05, 0) is 50.8 Å². The Balaban J connectivity index is 2.11. The topological polar surface area (TPSA) is 72.9 Å². The second-order valence-electron chi connectivity index (χ2n) is 7.80. The summed E-state index contributed by atoms with van der Waals surface area (Å²) in [5, 5.41) is 13.1. The predicted octanol–water partition coefficient (Wildman–Crippen LogP) is 2.40. The minimum Gasteiger partial charge on any atom is -0.507 e. The van der Waals surface area contributed by atoms with E-state index in [9.17, 15) is 14.7 Å². The Morgan fingerprint density at radius 3 is 2.52 bits per heavy atom. The number of amides is 2. The van der Waals surface area contributed by atoms with Crippen LogP contribution in [0.2, 0.25) is 0 Å². The van der Waals surface area contributed by atoms with Gasteiger partial charge in [-0.25, -0.2) is 0 Å². The number of aromatic hydroxyl groups is 1. The van der Waals surface area contributed by atoms with Crippen molar-refractivity contribution in [3.05, 3.63) is 29.3 Å². The van der Waals surface area contributed by atoms with E-state index in [-0.39, 0.29) is 35.2 Å². The molecule has 2 atom stereocenters. The number of carbonyl (C=O) groups is 2. The number of carbonyl (C=O) groups excluding carboxylic acids is 2. The Bertz CT molecular complexity index is 671. The van der Waals surface area contributed by atoms with Crippen LogP contribution in [-0.2, 0) is 4.79 Å². The molecule has 1 fully saturated rings. The van der Waals surface area contributed by atoms with Gasteiger partial charge in [0.25, 0.3) is 5.91 Å². The number of phenols is 1. The van der Waals surface area contributed by atoms with Crippen molar-refractivity contribution in [1.29, 1.82) is 0 Å². The lowest BCUT2D eigenvalue weighted by Gasteiger charge is -2.29. The van der Waals surface area contributed by atoms with Gasteiger partial charge in [-0.15, -0.1) is 0 Å². The van der Waals surface area contributed by atoms with Crippen LogP contribution in [0.4, 0.5) is 0 Å². The molecule has 1 aromatic rings. The highest BCUT2D eigenvalue weighted by Crippen LogP contribution is 2.23. The van der Waals surface area contributed by atoms with Gasteiger partial charge in [0.05, 0.1) is 11.6 Å². The van der Waals surface area contributed by atoms with E-state index in [0.717, 1.165) is 12.1 Å². The van der Waals surface area contributed by atoms with Crippen molar-refractivity contribution in [2.75, 3.05) is 26.2 Å². The van der Waals surface area contributed by atoms with E-state index in [1.165, 1.54) is 0 Å². The van der Waals surface area contributed by atoms with Crippen LogP contribution in [-0.4, -0.2) is 65.0 Å². The molecule has 1 aromatic carbocycles. The molecule has 0 radical (unpaired) electrons. The summed E-state index contributed by atoms with van der Waals surface area (Å²) in [4.78, 5) is 29.6. The van der Waals surface area contributed by atoms with Crippen LogP contribution < -0.4 is 5.32 Å². The lowest BCUT2D eigenvalue weighted by molar-refractivity contribution is -0.135. The molecule has 6 nitrogen and oxygen atoms in total. The maximum absolute atomic E-state index is 12.9. The van der Waals surface area contributed by atoms with Crippen LogP contribution in [0.3, 0.4) is 0 Å². The largest absolute Gasteiger partial charge is 0.507 e. The second-order valence-corrected chi connectivity index (χ2v) is 7.80. The molecule has 6 heteroatoms. The minimum absolute atomic E-state index is 0.0136. The Kier molecular flexibility index (Phi) is 7.25. The van der Waals surface area contributed by atoms with Gasteiger partial charge in [-0.3, -0.25) is 14.5 Å². The number of rotatable bonds is 7. The zero-order valence-corrected chi connectivity index (χ0v) is 17.2. The quantitative estimate of drug-likeness (QED) is 0.768. The third-order valence-corrected chi connectivity index (χ3v) is 5.10. The van der Waals surface area contributed by atoms with Crippen molar-refractivity contribution in [3.63, 3.8) is 0 Å². The molecule has 27 heavy (non-hydrogen) atoms. The van der Waals surface area contributed by atoms with Crippen molar-refractivity contribution in [2.45, 2.75) is 53.1 Å². The fourth-order valence-electron chi connectivity index (χ4n) is 3.78. The predicted molar refractivity (Wildman–Crippen MR) is 107 cm³/mol. The van der Waals surface area contributed by atoms with Crippen LogP contribution in [0.15, 0.2) is 18.2 Å². The van der Waals surface area contributed by atoms with E-state index in [2.05, 4.69) is 24.1 Å². The average molecular weight is 376 g/mol. The zero-order chi connectivity index (χ0) is 20.1. The Morgan fingerprint density at radius 1 is 1.30 bits per heavy atom. The molecule has 2 amide bonds. The van der Waals surface area contributed by atoms with Crippen molar-refractivity contribution in [3.8, 4) is 5.75 Å². The molecular weight excluding hydrogens is 342 g/mol. The molecule has 0 bridgehead atoms. The second kappa shape index (κ2) is 9.22. The molecule has 1 aliphatic rings. The van der Waals surface area contributed by atoms with Gasteiger partial charge in [0.1, 0.15) is 5.75 Å². The number of likely N-dealkylation sites (N-methyl/N-ethyl adjacent to an activating group) is 1. The molecule has 0 saturated carbocycles. The van der Waals surface area contributed by atoms with Crippen molar-refractivity contribution >= 4 is 11.8 Å². The fraction of sp³-hybridized carbons (Fsp3) is 0.619. The van der Waals surface area contributed by atoms with Gasteiger partial charge < -0.3 is 15.3 Å². The van der Waals surface area contributed by atoms with Crippen LogP contribution in [0.1, 0.15) is 50.0 Å². The molecule has 1 heterocycles. The highest BCUT2D eigenvalue weighted by molar-refractivity contribution is 5.97. The molecule has 2 rings (SSSR count). The lowest BCUT2D eigenvalue weighted by atomic mass is 10.1. The summed E-state index contributed by atoms with van der Waals surface area (Å²) in [6, 6.07) is 4.72. The first-order chi connectivity index (χ1) is 12.8. The molecule has 0 unspecified atom stereocenters. The van der Waals surface area contributed by atoms with Gasteiger partial charge in [0, 0.05) is 32.2 Å². The summed E-state index contributed by atoms with van der Waals surface area (Å²) in [7, 11) is 0. The number of hydrogen-bond acceptors (Lipinski definition) is 4. The third-order valence-electron chi connectivity index (χ3n) is 5.10. The summed E-state index contributed by atoms with van der Waals surface area (Å²) < 4.78 is 0. The maximum atomic E-state index is 12.9. The van der Waals surface area contributed by atoms with Crippen molar-refractivity contribution < 1.29 is 14.7 Å². The molecule has 0 aromatic heterocycles. The first kappa shape index (κ1) is 21.2. The first-order valence-electron chi connectivity index (χ1n) is 9.90. The molecular formula is C21H33N3O3. The summed E-state index contributed by atoms with van der Waals surface area (Å²) in [5.74, 6) is 0.265. The highest BCUT2D eigenvalue weighted by Gasteiger charge is 2.39. The lowest BCUT2D eigenvalue weighted by Crippen LogP contribution is -2.46. The van der Waals surface area contributed by atoms with Crippen molar-refractivity contribution in [1.82, 2.24) is 15.1 Å². The fourth-order valence-corrected chi connectivity index (χ4v) is 3.78. The highest BCUT2D eigenvalue weighted by atomic mass is 16.3. The van der Waals surface area contributed by atoms with E-state index in [1.807, 2.05) is 25.7 Å². The number of benzene rings is 1. The smallest absolute Gasteiger partial charge is 0.255 e. The van der Waals surface area contributed by atoms with Crippen LogP contribution >= 0.6 is 0 Å². The van der Waals surface area contributed by atoms with Gasteiger partial charge in [0.15, 0.2) is 0 Å². The molecule has 2 N–H and O–H groups in total. The Hall–Kier alpha value is -2.08. The summed E-state index contributed by atoms with van der Waals surface area (Å²) in [5.41, 5.74) is 1.17. The number of nitrogens with one attached hydrogen (secondary N) is 1. The maximum Gasteiger partial charge on any atom is 0.255 e. The average Bonchev–Trinajstić information content (AvgIpc) is 2.97. The molecule has 0 spiro atoms. The Morgan fingerprint density at radius 2 is 1.96 bits per heavy atom. The summed E-state index contributed by atoms with van der Waals surface area (Å²) >= 11 is 0. The molecule has 0 aliphatic carbocycles. The minimum atomic E-state index is -0.294. The van der Waals surface area contributed by atoms with Crippen molar-refractivity contribution in [2.24, 2.45) is 5.92 Å². The van der Waals surface area contributed by atoms with Crippen LogP contribution in [0.5, 0.6) is 5.75 Å². The number of phenolic OH excluding ortho intramolecular Hbond substituents is 1. The first-order valence-corrected chi connectivity index (χ1v) is 9.90. The van der Waals surface area contributed by atoms with E-state index < -0.39 is 0 Å². The van der Waals surface area contributed by atoms with Gasteiger partial charge in [-0.2, -0.15) is 0 Å². The standard InChI is InChI=1S/C21H33N3O3/c1-6-23(7-2)21(27)18-11-16(13-24(18)12-14(3)4)22-20(26)17-9-8-15(5)10-19(17)25/h8-10,14,16,18,25H,6-7,11-13H2,1-5H3,(H,22,26)/t16-,18+/m1/s1. The zero-order valence-electron chi connectivity index (χ0n) is 17.2. The molecule has 1 saturated heterocycles. The summed E-state index contributed by atoms with van der Waals surface area (Å²) in [6.45, 7) is 13.0. The van der Waals surface area contributed by atoms with E-state index in [1.54, 1.807) is 18.2 Å². The van der Waals surface area contributed by atoms with E-state index in [4.69, 9.17) is 0 Å². The van der Waals surface area contributed by atoms with Crippen LogP contribution in [0.25, 0.3) is 0 Å². The Labute approximate surface area is 162 Å². The number of nitrogens with zero attached hydrogens (tertiary/aromatic N) is 2. The molecule has 1 aliphatic heterocycles. The SMILES string of the molecule is CCN(CC)C(=O)[C@@H]1C[C@@H](NC(=O)c2ccc(C)cc2O)CN1CC(C)C. The number of hydrogen-bond donors (Lipinski definition) is 2. The normalized spacial score (nSPS) is 20.1. The number of likely N-dealkylation sites (tertiary alicyclic amines) is 1. The van der Waals surface area contributed by atoms with E-state index >= 15 is 0 Å². The van der Waals surface area contributed by atoms with E-state index in [0.29, 0.717) is 32.0 Å². The van der Waals surface area contributed by atoms with Gasteiger partial charge in [-0.1, -0.05) is 19.9 Å².